The minimum Gasteiger partial charge on any atom is -0.465 e. The van der Waals surface area contributed by atoms with Crippen LogP contribution < -0.4 is 5.56 Å². The number of nitrogens with zero attached hydrogens (tertiary/aromatic N) is 2. The van der Waals surface area contributed by atoms with E-state index in [4.69, 9.17) is 17.0 Å². The number of esters is 1. The molecule has 0 aliphatic rings. The fourth-order valence-electron chi connectivity index (χ4n) is 2.65. The predicted octanol–water partition coefficient (Wildman–Crippen LogP) is 3.23. The van der Waals surface area contributed by atoms with Gasteiger partial charge in [0.15, 0.2) is 4.77 Å². The van der Waals surface area contributed by atoms with Gasteiger partial charge in [-0.2, -0.15) is 0 Å². The van der Waals surface area contributed by atoms with Crippen molar-refractivity contribution in [3.8, 4) is 11.3 Å². The van der Waals surface area contributed by atoms with Gasteiger partial charge in [-0.3, -0.25) is 14.3 Å². The number of aromatic nitrogens is 3. The molecule has 3 rings (SSSR count). The van der Waals surface area contributed by atoms with Gasteiger partial charge in [0.05, 0.1) is 23.8 Å². The summed E-state index contributed by atoms with van der Waals surface area (Å²) in [5.74, 6) is -1.24. The second-order valence-electron chi connectivity index (χ2n) is 5.38. The second kappa shape index (κ2) is 7.01. The normalized spacial score (nSPS) is 10.7. The molecule has 132 valence electrons. The van der Waals surface area contributed by atoms with Gasteiger partial charge in [0.2, 0.25) is 0 Å². The number of aromatic amines is 1. The highest BCUT2D eigenvalue weighted by Gasteiger charge is 2.20. The van der Waals surface area contributed by atoms with Crippen LogP contribution in [-0.4, -0.2) is 27.6 Å². The van der Waals surface area contributed by atoms with Crippen LogP contribution in [0.2, 0.25) is 0 Å². The molecule has 0 atom stereocenters. The topological polar surface area (TPSA) is 77.0 Å². The monoisotopic (exact) mass is 371 g/mol. The van der Waals surface area contributed by atoms with Crippen molar-refractivity contribution in [3.05, 3.63) is 69.5 Å². The lowest BCUT2D eigenvalue weighted by Crippen LogP contribution is -2.19. The Morgan fingerprint density at radius 1 is 1.46 bits per heavy atom. The number of benzene rings is 1. The van der Waals surface area contributed by atoms with Gasteiger partial charge < -0.3 is 4.74 Å². The lowest BCUT2D eigenvalue weighted by Gasteiger charge is -2.13. The maximum Gasteiger partial charge on any atom is 0.338 e. The van der Waals surface area contributed by atoms with Gasteiger partial charge in [-0.25, -0.2) is 14.2 Å². The summed E-state index contributed by atoms with van der Waals surface area (Å²) < 4.78 is 20.6. The maximum absolute atomic E-state index is 14.2. The SMILES string of the molecule is C=CCn1c(=S)[nH]c(=O)c2c(C(=O)OC)cc(-c3ccccc3F)nc21. The van der Waals surface area contributed by atoms with Crippen molar-refractivity contribution in [1.29, 1.82) is 0 Å². The number of carbonyl (C=O) groups excluding carboxylic acids is 1. The third kappa shape index (κ3) is 2.95. The van der Waals surface area contributed by atoms with E-state index in [1.807, 2.05) is 0 Å². The Kier molecular flexibility index (Phi) is 4.77. The number of hydrogen-bond donors (Lipinski definition) is 1. The summed E-state index contributed by atoms with van der Waals surface area (Å²) >= 11 is 5.18. The van der Waals surface area contributed by atoms with Gasteiger partial charge in [0, 0.05) is 12.1 Å². The number of halogens is 1. The average molecular weight is 371 g/mol. The van der Waals surface area contributed by atoms with Gasteiger partial charge in [0.25, 0.3) is 5.56 Å². The van der Waals surface area contributed by atoms with E-state index in [-0.39, 0.29) is 39.2 Å². The molecule has 1 aromatic carbocycles. The highest BCUT2D eigenvalue weighted by Crippen LogP contribution is 2.25. The van der Waals surface area contributed by atoms with Crippen LogP contribution in [0.4, 0.5) is 4.39 Å². The summed E-state index contributed by atoms with van der Waals surface area (Å²) in [6.45, 7) is 3.91. The Bertz CT molecular complexity index is 1150. The molecule has 1 N–H and O–H groups in total. The Morgan fingerprint density at radius 3 is 2.85 bits per heavy atom. The molecule has 6 nitrogen and oxygen atoms in total. The molecule has 0 saturated carbocycles. The summed E-state index contributed by atoms with van der Waals surface area (Å²) in [6.07, 6.45) is 1.57. The molecule has 2 heterocycles. The van der Waals surface area contributed by atoms with Crippen molar-refractivity contribution < 1.29 is 13.9 Å². The third-order valence-corrected chi connectivity index (χ3v) is 4.14. The number of methoxy groups -OCH3 is 1. The van der Waals surface area contributed by atoms with Crippen molar-refractivity contribution in [3.63, 3.8) is 0 Å². The third-order valence-electron chi connectivity index (χ3n) is 3.82. The summed E-state index contributed by atoms with van der Waals surface area (Å²) in [4.78, 5) is 31.6. The van der Waals surface area contributed by atoms with Crippen molar-refractivity contribution in [2.24, 2.45) is 0 Å². The van der Waals surface area contributed by atoms with Gasteiger partial charge in [-0.05, 0) is 30.4 Å². The fourth-order valence-corrected chi connectivity index (χ4v) is 2.90. The van der Waals surface area contributed by atoms with Crippen LogP contribution in [0.5, 0.6) is 0 Å². The molecule has 0 unspecified atom stereocenters. The zero-order valence-corrected chi connectivity index (χ0v) is 14.6. The first kappa shape index (κ1) is 17.7. The first-order valence-corrected chi connectivity index (χ1v) is 8.00. The van der Waals surface area contributed by atoms with Crippen LogP contribution in [-0.2, 0) is 11.3 Å². The van der Waals surface area contributed by atoms with E-state index in [1.54, 1.807) is 18.2 Å². The number of carbonyl (C=O) groups is 1. The molecule has 0 saturated heterocycles. The number of nitrogens with one attached hydrogen (secondary N) is 1. The molecule has 26 heavy (non-hydrogen) atoms. The van der Waals surface area contributed by atoms with E-state index in [0.29, 0.717) is 0 Å². The van der Waals surface area contributed by atoms with E-state index in [2.05, 4.69) is 16.5 Å². The molecule has 0 radical (unpaired) electrons. The van der Waals surface area contributed by atoms with E-state index in [9.17, 15) is 14.0 Å². The summed E-state index contributed by atoms with van der Waals surface area (Å²) in [5, 5.41) is 0.0207. The second-order valence-corrected chi connectivity index (χ2v) is 5.77. The van der Waals surface area contributed by atoms with E-state index in [1.165, 1.54) is 29.9 Å². The Labute approximate surface area is 152 Å². The van der Waals surface area contributed by atoms with Crippen LogP contribution >= 0.6 is 12.2 Å². The van der Waals surface area contributed by atoms with Gasteiger partial charge >= 0.3 is 5.97 Å². The smallest absolute Gasteiger partial charge is 0.338 e. The fraction of sp³-hybridized carbons (Fsp3) is 0.111. The molecule has 2 aromatic heterocycles. The number of rotatable bonds is 4. The van der Waals surface area contributed by atoms with Crippen molar-refractivity contribution >= 4 is 29.2 Å². The van der Waals surface area contributed by atoms with Crippen molar-refractivity contribution in [1.82, 2.24) is 14.5 Å². The molecular formula is C18H14FN3O3S. The standard InChI is InChI=1S/C18H14FN3O3S/c1-3-8-22-15-14(16(23)21-18(22)26)11(17(24)25-2)9-13(20-15)10-6-4-5-7-12(10)19/h3-7,9H,1,8H2,2H3,(H,21,23,26). The highest BCUT2D eigenvalue weighted by molar-refractivity contribution is 7.71. The van der Waals surface area contributed by atoms with Gasteiger partial charge in [0.1, 0.15) is 11.5 Å². The zero-order chi connectivity index (χ0) is 18.8. The lowest BCUT2D eigenvalue weighted by atomic mass is 10.1. The minimum atomic E-state index is -0.734. The number of hydrogen-bond acceptors (Lipinski definition) is 5. The van der Waals surface area contributed by atoms with Crippen LogP contribution in [0.3, 0.4) is 0 Å². The van der Waals surface area contributed by atoms with E-state index >= 15 is 0 Å². The molecule has 0 amide bonds. The van der Waals surface area contributed by atoms with Crippen molar-refractivity contribution in [2.75, 3.05) is 7.11 Å². The lowest BCUT2D eigenvalue weighted by molar-refractivity contribution is 0.0603. The first-order valence-electron chi connectivity index (χ1n) is 7.60. The minimum absolute atomic E-state index is 0.0207. The molecular weight excluding hydrogens is 357 g/mol. The van der Waals surface area contributed by atoms with Crippen LogP contribution in [0.15, 0.2) is 47.8 Å². The predicted molar refractivity (Wildman–Crippen MR) is 98.1 cm³/mol. The highest BCUT2D eigenvalue weighted by atomic mass is 32.1. The van der Waals surface area contributed by atoms with Crippen LogP contribution in [0.25, 0.3) is 22.3 Å². The van der Waals surface area contributed by atoms with E-state index < -0.39 is 17.3 Å². The summed E-state index contributed by atoms with van der Waals surface area (Å²) in [7, 11) is 1.20. The molecule has 3 aromatic rings. The number of pyridine rings is 1. The number of H-pyrrole nitrogens is 1. The Hall–Kier alpha value is -3.13. The Balaban J connectivity index is 2.51. The number of allylic oxidation sites excluding steroid dienone is 1. The first-order chi connectivity index (χ1) is 12.5. The summed E-state index contributed by atoms with van der Waals surface area (Å²) in [5.41, 5.74) is -0.0624. The molecule has 0 aliphatic carbocycles. The number of fused-ring (bicyclic) bond motifs is 1. The van der Waals surface area contributed by atoms with Gasteiger partial charge in [-0.15, -0.1) is 6.58 Å². The zero-order valence-electron chi connectivity index (χ0n) is 13.8. The molecule has 0 spiro atoms. The quantitative estimate of drug-likeness (QED) is 0.433. The van der Waals surface area contributed by atoms with Crippen LogP contribution in [0, 0.1) is 10.6 Å². The van der Waals surface area contributed by atoms with Gasteiger partial charge in [-0.1, -0.05) is 18.2 Å². The van der Waals surface area contributed by atoms with E-state index in [0.717, 1.165) is 0 Å². The summed E-state index contributed by atoms with van der Waals surface area (Å²) in [6, 6.07) is 7.35. The Morgan fingerprint density at radius 2 is 2.19 bits per heavy atom. The average Bonchev–Trinajstić information content (AvgIpc) is 2.63. The largest absolute Gasteiger partial charge is 0.465 e. The molecule has 8 heteroatoms. The maximum atomic E-state index is 14.2. The molecule has 0 fully saturated rings. The van der Waals surface area contributed by atoms with Crippen LogP contribution in [0.1, 0.15) is 10.4 Å². The number of ether oxygens (including phenoxy) is 1. The molecule has 0 aliphatic heterocycles. The van der Waals surface area contributed by atoms with Crippen molar-refractivity contribution in [2.45, 2.75) is 6.54 Å². The molecule has 0 bridgehead atoms.